The third kappa shape index (κ3) is 13.0. The van der Waals surface area contributed by atoms with Gasteiger partial charge in [0.1, 0.15) is 18.3 Å². The number of aliphatic imine (C=N–C) groups is 3. The van der Waals surface area contributed by atoms with Crippen LogP contribution in [0.2, 0.25) is 0 Å². The van der Waals surface area contributed by atoms with Gasteiger partial charge in [0, 0.05) is 96.5 Å². The van der Waals surface area contributed by atoms with Crippen LogP contribution in [0.4, 0.5) is 0 Å². The number of carbonyl (C=O) groups excluding carboxylic acids is 6. The van der Waals surface area contributed by atoms with Crippen molar-refractivity contribution in [3.05, 3.63) is 76.6 Å². The molecule has 2 aromatic rings. The maximum Gasteiger partial charge on any atom is 3.00 e. The van der Waals surface area contributed by atoms with Crippen molar-refractivity contribution in [3.8, 4) is 0 Å². The number of allylic oxidation sites excluding steroid dienone is 6. The summed E-state index contributed by atoms with van der Waals surface area (Å²) in [5, 5.41) is 35.8. The number of benzene rings is 1. The van der Waals surface area contributed by atoms with E-state index >= 15 is 0 Å². The zero-order valence-corrected chi connectivity index (χ0v) is 54.5. The van der Waals surface area contributed by atoms with Crippen LogP contribution in [0.15, 0.2) is 67.8 Å². The number of aryl methyl sites for hydroxylation is 2. The number of hydrogen-bond acceptors (Lipinski definition) is 17. The Hall–Kier alpha value is -5.96. The van der Waals surface area contributed by atoms with Crippen molar-refractivity contribution >= 4 is 72.4 Å². The van der Waals surface area contributed by atoms with Gasteiger partial charge in [0.25, 0.3) is 7.82 Å². The van der Waals surface area contributed by atoms with Gasteiger partial charge in [0.2, 0.25) is 36.4 Å². The van der Waals surface area contributed by atoms with Gasteiger partial charge in [-0.3, -0.25) is 48.3 Å². The van der Waals surface area contributed by atoms with Crippen LogP contribution >= 0.6 is 7.82 Å². The molecule has 8 rings (SSSR count). The fourth-order valence-corrected chi connectivity index (χ4v) is 15.8. The summed E-state index contributed by atoms with van der Waals surface area (Å²) >= 11 is 0. The van der Waals surface area contributed by atoms with E-state index < -0.39 is 126 Å². The summed E-state index contributed by atoms with van der Waals surface area (Å²) in [7, 11) is -5.27. The Labute approximate surface area is 525 Å². The normalized spacial score (nSPS) is 34.4. The molecule has 0 radical (unpaired) electrons. The molecule has 88 heavy (non-hydrogen) atoms. The molecule has 11 N–H and O–H groups in total. The van der Waals surface area contributed by atoms with Crippen molar-refractivity contribution in [2.75, 3.05) is 26.2 Å². The second kappa shape index (κ2) is 26.9. The number of hydrogen-bond donors (Lipinski definition) is 8. The monoisotopic (exact) mass is 1290 g/mol. The molecule has 2 fully saturated rings. The Morgan fingerprint density at radius 1 is 0.932 bits per heavy atom. The number of aromatic nitrogens is 2. The number of nitrogens with two attached hydrogens (primary N) is 3. The number of fused-ring (bicyclic) bond motifs is 7. The number of nitrogens with one attached hydrogen (secondary N) is 3. The number of rotatable bonds is 25. The van der Waals surface area contributed by atoms with Crippen LogP contribution < -0.4 is 38.0 Å². The minimum Gasteiger partial charge on any atom is -0.756 e. The minimum absolute atomic E-state index is 0. The number of primary amides is 3. The summed E-state index contributed by atoms with van der Waals surface area (Å²) in [6.07, 6.45) is -1.88. The second-order valence-electron chi connectivity index (χ2n) is 25.9. The van der Waals surface area contributed by atoms with E-state index in [0.717, 1.165) is 11.1 Å². The molecule has 0 spiro atoms. The first-order valence-electron chi connectivity index (χ1n) is 29.4. The standard InChI is InChI=1S/C60H87N12O13P.CH3.Co/c1-30-19-40-41(20-31(30)2)72(27-67-40)55-50(80)51(42(25-73)83-55)85-86(81,82)84-32(3)23-66-47(79)17-18-57(9)38(24-64-28-74)54-60(12)59(11,26-65-29-75)35(6)48(71-60)33(4)53-58(10,22-46(63)78)36(13-15-44(61)76)39(68-53)21-43-56(7,8)37(14-16-45(62)77)49(69-43)34(5)52(57)70-54;;/h19-21,27-29,32,35-38,42,50-51,54-55,73,80H,13-18,22-26H2,1-12H3,(H11,61,62,63,64,65,66,68,69,70,71,74,75,76,77,78,79,81,82);1H3;/q;-1;+3/p-2/t32-,35-,36-,37-,38+,42-,50-,51-,54-,55+,57-,58+,59+,60+;;/m1../s1. The van der Waals surface area contributed by atoms with E-state index in [1.165, 1.54) is 13.3 Å². The molecule has 0 saturated carbocycles. The average molecular weight is 1290 g/mol. The van der Waals surface area contributed by atoms with Crippen molar-refractivity contribution < 1.29 is 79.0 Å². The molecule has 6 amide bonds. The van der Waals surface area contributed by atoms with Crippen LogP contribution in [0.3, 0.4) is 0 Å². The number of phosphoric ester groups is 1. The van der Waals surface area contributed by atoms with Gasteiger partial charge in [-0.05, 0) is 107 Å². The number of imidazole rings is 1. The number of ether oxygens (including phenoxy) is 1. The zero-order chi connectivity index (χ0) is 63.4. The fourth-order valence-electron chi connectivity index (χ4n) is 14.6. The fraction of sp³-hybridized carbons (Fsp3) is 0.623. The first kappa shape index (κ1) is 71.1. The van der Waals surface area contributed by atoms with Crippen molar-refractivity contribution in [3.63, 3.8) is 0 Å². The summed E-state index contributed by atoms with van der Waals surface area (Å²) in [5.41, 5.74) is 20.7. The molecule has 8 bridgehead atoms. The van der Waals surface area contributed by atoms with Crippen molar-refractivity contribution in [2.24, 2.45) is 77.5 Å². The molecule has 25 nitrogen and oxygen atoms in total. The molecule has 1 aromatic carbocycles. The smallest absolute Gasteiger partial charge is 0.756 e. The predicted octanol–water partition coefficient (Wildman–Crippen LogP) is 4.26. The summed E-state index contributed by atoms with van der Waals surface area (Å²) < 4.78 is 31.9. The van der Waals surface area contributed by atoms with Gasteiger partial charge in [-0.2, -0.15) is 11.4 Å². The number of carbonyl (C=O) groups is 6. The van der Waals surface area contributed by atoms with Gasteiger partial charge < -0.3 is 79.4 Å². The Morgan fingerprint density at radius 2 is 1.57 bits per heavy atom. The predicted molar refractivity (Wildman–Crippen MR) is 326 cm³/mol. The summed E-state index contributed by atoms with van der Waals surface area (Å²) in [6.45, 7) is 22.2. The SMILES string of the molecule is C/C1=C2/[N-]/C(=C\C3=NC(=C(/C)C4=N[C@@](C)([C@@H]5N=C1[C@](C)(CCC(=O)NC[C@@H](C)OP(=O)([O-])O[C@H]1[C@@H](O)[C@@H](n6cnc7cc(C)c(C)cc76)O[C@@H]1CO)[C@H]5CNC=O)[C@@](C)(CNC=O)[C@@H]4C)/[C@@](C)(CC(N)=O)[C@@H]3CCC(N)=O)C(C)(C)[C@@H]2CCC(N)=O.[CH3-].[Co+3]. The van der Waals surface area contributed by atoms with E-state index in [2.05, 4.69) is 20.9 Å². The molecular formula is C61H88CoN12O13P. The summed E-state index contributed by atoms with van der Waals surface area (Å²) in [6, 6.07) is 2.97. The van der Waals surface area contributed by atoms with Crippen LogP contribution in [0.1, 0.15) is 132 Å². The molecule has 0 aliphatic carbocycles. The number of nitrogens with zero attached hydrogens (tertiary/aromatic N) is 6. The van der Waals surface area contributed by atoms with Crippen LogP contribution in [0, 0.1) is 66.6 Å². The number of aliphatic hydroxyl groups excluding tert-OH is 2. The molecule has 484 valence electrons. The topological polar surface area (TPSA) is 394 Å². The van der Waals surface area contributed by atoms with Crippen LogP contribution in [0.25, 0.3) is 16.4 Å². The van der Waals surface area contributed by atoms with Gasteiger partial charge in [-0.15, -0.1) is 0 Å². The first-order chi connectivity index (χ1) is 40.2. The van der Waals surface area contributed by atoms with Crippen LogP contribution in [0.5, 0.6) is 0 Å². The van der Waals surface area contributed by atoms with E-state index in [-0.39, 0.29) is 88.8 Å². The van der Waals surface area contributed by atoms with Crippen LogP contribution in [-0.4, -0.2) is 136 Å². The van der Waals surface area contributed by atoms with Crippen molar-refractivity contribution in [2.45, 2.75) is 170 Å². The van der Waals surface area contributed by atoms with Gasteiger partial charge in [0.05, 0.1) is 47.3 Å². The molecule has 2 saturated heterocycles. The number of aliphatic hydroxyl groups is 2. The van der Waals surface area contributed by atoms with E-state index in [1.807, 2.05) is 94.4 Å². The number of phosphoric acid groups is 1. The van der Waals surface area contributed by atoms with Gasteiger partial charge in [0.15, 0.2) is 6.23 Å². The van der Waals surface area contributed by atoms with E-state index in [9.17, 15) is 48.4 Å². The van der Waals surface area contributed by atoms with E-state index in [4.69, 9.17) is 51.3 Å². The molecular weight excluding hydrogens is 1200 g/mol. The molecule has 15 atom stereocenters. The van der Waals surface area contributed by atoms with Gasteiger partial charge >= 0.3 is 16.8 Å². The average Bonchev–Trinajstić information content (AvgIpc) is 1.54. The van der Waals surface area contributed by atoms with Crippen molar-refractivity contribution in [1.82, 2.24) is 25.5 Å². The first-order valence-corrected chi connectivity index (χ1v) is 30.8. The second-order valence-corrected chi connectivity index (χ2v) is 27.2. The summed E-state index contributed by atoms with van der Waals surface area (Å²) in [5.74, 6) is -4.15. The van der Waals surface area contributed by atoms with E-state index in [0.29, 0.717) is 69.2 Å². The van der Waals surface area contributed by atoms with Gasteiger partial charge in [-0.1, -0.05) is 47.6 Å². The largest absolute Gasteiger partial charge is 3.00 e. The Bertz CT molecular complexity index is 3320. The summed E-state index contributed by atoms with van der Waals surface area (Å²) in [4.78, 5) is 112. The quantitative estimate of drug-likeness (QED) is 0.0391. The van der Waals surface area contributed by atoms with Crippen LogP contribution in [-0.2, 0) is 63.9 Å². The maximum absolute atomic E-state index is 14.3. The minimum atomic E-state index is -5.27. The van der Waals surface area contributed by atoms with E-state index in [1.54, 1.807) is 4.57 Å². The molecule has 6 aliphatic rings. The molecule has 7 heterocycles. The van der Waals surface area contributed by atoms with Gasteiger partial charge in [-0.25, -0.2) is 4.98 Å². The third-order valence-electron chi connectivity index (χ3n) is 20.1. The molecule has 6 aliphatic heterocycles. The number of amides is 6. The Morgan fingerprint density at radius 3 is 2.18 bits per heavy atom. The molecule has 1 aromatic heterocycles. The molecule has 27 heteroatoms. The third-order valence-corrected chi connectivity index (χ3v) is 21.2. The zero-order valence-electron chi connectivity index (χ0n) is 52.6. The Balaban J connectivity index is 0.00000618. The Kier molecular flexibility index (Phi) is 21.7. The maximum atomic E-state index is 14.3. The van der Waals surface area contributed by atoms with Crippen molar-refractivity contribution in [1.29, 1.82) is 0 Å². The molecule has 1 unspecified atom stereocenters.